The van der Waals surface area contributed by atoms with Gasteiger partial charge in [0, 0.05) is 51.4 Å². The molecule has 3 N–H and O–H groups in total. The van der Waals surface area contributed by atoms with Crippen molar-refractivity contribution in [3.8, 4) is 5.88 Å². The monoisotopic (exact) mass is 446 g/mol. The van der Waals surface area contributed by atoms with Crippen molar-refractivity contribution in [2.75, 3.05) is 39.3 Å². The van der Waals surface area contributed by atoms with Gasteiger partial charge >= 0.3 is 12.0 Å². The number of aliphatic imine (C=N–C) groups is 1. The highest BCUT2D eigenvalue weighted by Crippen LogP contribution is 2.29. The second-order valence-corrected chi connectivity index (χ2v) is 7.60. The molecule has 1 aromatic heterocycles. The largest absolute Gasteiger partial charge is 0.481 e. The summed E-state index contributed by atoms with van der Waals surface area (Å²) in [4.78, 5) is 48.1. The Kier molecular flexibility index (Phi) is 8.23. The van der Waals surface area contributed by atoms with Crippen molar-refractivity contribution < 1.29 is 24.2 Å². The van der Waals surface area contributed by atoms with Crippen molar-refractivity contribution in [3.05, 3.63) is 23.9 Å². The number of hydrogen-bond donors (Lipinski definition) is 3. The van der Waals surface area contributed by atoms with Crippen LogP contribution in [0.3, 0.4) is 0 Å². The number of urea groups is 1. The van der Waals surface area contributed by atoms with Gasteiger partial charge in [0.2, 0.25) is 11.8 Å². The van der Waals surface area contributed by atoms with Gasteiger partial charge in [-0.3, -0.25) is 19.9 Å². The van der Waals surface area contributed by atoms with Crippen LogP contribution < -0.4 is 15.4 Å². The van der Waals surface area contributed by atoms with E-state index in [1.807, 2.05) is 6.92 Å². The Labute approximate surface area is 186 Å². The summed E-state index contributed by atoms with van der Waals surface area (Å²) in [6.07, 6.45) is 3.06. The zero-order valence-electron chi connectivity index (χ0n) is 18.2. The SMILES string of the molecule is CCOc1ccc(C(CC(=O)O)N2CCN(CCCC(=O)NC3=NCCCN3)C2=O)cn1. The van der Waals surface area contributed by atoms with Gasteiger partial charge in [-0.15, -0.1) is 0 Å². The lowest BCUT2D eigenvalue weighted by atomic mass is 10.0. The average Bonchev–Trinajstić information content (AvgIpc) is 3.13. The van der Waals surface area contributed by atoms with E-state index in [2.05, 4.69) is 20.6 Å². The van der Waals surface area contributed by atoms with Crippen LogP contribution in [0, 0.1) is 0 Å². The number of aliphatic carboxylic acids is 1. The fraction of sp³-hybridized carbons (Fsp3) is 0.571. The Balaban J connectivity index is 1.54. The Bertz CT molecular complexity index is 844. The standard InChI is InChI=1S/C21H30N6O5/c1-2-32-18-7-6-15(14-24-18)16(13-19(29)30)27-12-11-26(21(27)31)10-3-5-17(28)25-20-22-8-4-9-23-20/h6-7,14,16H,2-5,8-13H2,1H3,(H,29,30)(H2,22,23,25,28). The van der Waals surface area contributed by atoms with Crippen LogP contribution in [0.15, 0.2) is 23.3 Å². The molecule has 2 aliphatic rings. The molecule has 1 fully saturated rings. The second kappa shape index (κ2) is 11.3. The third-order valence-electron chi connectivity index (χ3n) is 5.29. The fourth-order valence-corrected chi connectivity index (χ4v) is 3.73. The number of carboxylic acid groups (broad SMARTS) is 1. The van der Waals surface area contributed by atoms with E-state index in [1.165, 1.54) is 0 Å². The highest BCUT2D eigenvalue weighted by Gasteiger charge is 2.35. The van der Waals surface area contributed by atoms with E-state index in [0.717, 1.165) is 13.0 Å². The first kappa shape index (κ1) is 23.3. The molecule has 1 aromatic rings. The van der Waals surface area contributed by atoms with Gasteiger partial charge in [-0.05, 0) is 25.3 Å². The molecule has 0 aromatic carbocycles. The summed E-state index contributed by atoms with van der Waals surface area (Å²) >= 11 is 0. The van der Waals surface area contributed by atoms with E-state index in [4.69, 9.17) is 4.74 Å². The topological polar surface area (TPSA) is 136 Å². The minimum atomic E-state index is -0.994. The minimum Gasteiger partial charge on any atom is -0.481 e. The van der Waals surface area contributed by atoms with E-state index >= 15 is 0 Å². The van der Waals surface area contributed by atoms with E-state index in [1.54, 1.807) is 28.1 Å². The maximum atomic E-state index is 12.9. The fourth-order valence-electron chi connectivity index (χ4n) is 3.73. The molecule has 0 bridgehead atoms. The molecule has 3 rings (SSSR count). The Morgan fingerprint density at radius 1 is 1.34 bits per heavy atom. The molecule has 0 saturated carbocycles. The molecular weight excluding hydrogens is 416 g/mol. The summed E-state index contributed by atoms with van der Waals surface area (Å²) in [7, 11) is 0. The molecule has 0 aliphatic carbocycles. The van der Waals surface area contributed by atoms with Gasteiger partial charge < -0.3 is 25.0 Å². The molecular formula is C21H30N6O5. The summed E-state index contributed by atoms with van der Waals surface area (Å²) in [5.74, 6) is -0.186. The molecule has 0 spiro atoms. The lowest BCUT2D eigenvalue weighted by Gasteiger charge is -2.27. The molecule has 11 heteroatoms. The number of pyridine rings is 1. The summed E-state index contributed by atoms with van der Waals surface area (Å²) in [5.41, 5.74) is 0.645. The number of carbonyl (C=O) groups is 3. The molecule has 0 radical (unpaired) electrons. The molecule has 3 amide bonds. The van der Waals surface area contributed by atoms with Gasteiger partial charge in [-0.25, -0.2) is 9.78 Å². The van der Waals surface area contributed by atoms with Gasteiger partial charge in [-0.1, -0.05) is 6.07 Å². The Hall–Kier alpha value is -3.37. The Morgan fingerprint density at radius 2 is 2.19 bits per heavy atom. The van der Waals surface area contributed by atoms with Crippen molar-refractivity contribution in [3.63, 3.8) is 0 Å². The maximum Gasteiger partial charge on any atom is 0.320 e. The number of aromatic nitrogens is 1. The van der Waals surface area contributed by atoms with E-state index < -0.39 is 12.0 Å². The van der Waals surface area contributed by atoms with Crippen LogP contribution in [0.1, 0.15) is 44.2 Å². The van der Waals surface area contributed by atoms with E-state index in [0.29, 0.717) is 56.6 Å². The summed E-state index contributed by atoms with van der Waals surface area (Å²) in [6, 6.07) is 2.57. The van der Waals surface area contributed by atoms with Crippen LogP contribution in [-0.4, -0.2) is 83.1 Å². The smallest absolute Gasteiger partial charge is 0.320 e. The van der Waals surface area contributed by atoms with Crippen molar-refractivity contribution in [1.82, 2.24) is 25.4 Å². The number of nitrogens with one attached hydrogen (secondary N) is 2. The lowest BCUT2D eigenvalue weighted by Crippen LogP contribution is -2.43. The average molecular weight is 447 g/mol. The highest BCUT2D eigenvalue weighted by atomic mass is 16.5. The molecule has 1 saturated heterocycles. The number of carboxylic acids is 1. The van der Waals surface area contributed by atoms with Crippen LogP contribution >= 0.6 is 0 Å². The highest BCUT2D eigenvalue weighted by molar-refractivity contribution is 5.97. The van der Waals surface area contributed by atoms with Crippen LogP contribution in [-0.2, 0) is 9.59 Å². The maximum absolute atomic E-state index is 12.9. The normalized spacial score (nSPS) is 16.9. The van der Waals surface area contributed by atoms with Crippen LogP contribution in [0.2, 0.25) is 0 Å². The molecule has 2 aliphatic heterocycles. The number of carbonyl (C=O) groups excluding carboxylic acids is 2. The quantitative estimate of drug-likeness (QED) is 0.487. The van der Waals surface area contributed by atoms with Crippen molar-refractivity contribution in [2.24, 2.45) is 4.99 Å². The first-order chi connectivity index (χ1) is 15.5. The third kappa shape index (κ3) is 6.32. The number of nitrogens with zero attached hydrogens (tertiary/aromatic N) is 4. The van der Waals surface area contributed by atoms with Gasteiger partial charge in [0.05, 0.1) is 19.1 Å². The number of amides is 3. The molecule has 11 nitrogen and oxygen atoms in total. The first-order valence-corrected chi connectivity index (χ1v) is 10.9. The molecule has 3 heterocycles. The number of hydrogen-bond acceptors (Lipinski definition) is 7. The lowest BCUT2D eigenvalue weighted by molar-refractivity contribution is -0.138. The summed E-state index contributed by atoms with van der Waals surface area (Å²) in [5, 5.41) is 15.2. The first-order valence-electron chi connectivity index (χ1n) is 10.9. The predicted molar refractivity (Wildman–Crippen MR) is 116 cm³/mol. The van der Waals surface area contributed by atoms with Gasteiger partial charge in [0.15, 0.2) is 5.96 Å². The van der Waals surface area contributed by atoms with Crippen LogP contribution in [0.4, 0.5) is 4.79 Å². The van der Waals surface area contributed by atoms with E-state index in [-0.39, 0.29) is 24.8 Å². The number of ether oxygens (including phenoxy) is 1. The number of guanidine groups is 1. The predicted octanol–water partition coefficient (Wildman–Crippen LogP) is 0.979. The summed E-state index contributed by atoms with van der Waals surface area (Å²) in [6.45, 7) is 5.13. The Morgan fingerprint density at radius 3 is 2.84 bits per heavy atom. The van der Waals surface area contributed by atoms with Gasteiger partial charge in [0.1, 0.15) is 0 Å². The van der Waals surface area contributed by atoms with Crippen LogP contribution in [0.5, 0.6) is 5.88 Å². The van der Waals surface area contributed by atoms with Crippen molar-refractivity contribution in [1.29, 1.82) is 0 Å². The summed E-state index contributed by atoms with van der Waals surface area (Å²) < 4.78 is 5.34. The van der Waals surface area contributed by atoms with Crippen LogP contribution in [0.25, 0.3) is 0 Å². The molecule has 1 unspecified atom stereocenters. The second-order valence-electron chi connectivity index (χ2n) is 7.60. The van der Waals surface area contributed by atoms with E-state index in [9.17, 15) is 19.5 Å². The van der Waals surface area contributed by atoms with Gasteiger partial charge in [0.25, 0.3) is 0 Å². The van der Waals surface area contributed by atoms with Crippen molar-refractivity contribution in [2.45, 2.75) is 38.6 Å². The zero-order chi connectivity index (χ0) is 22.9. The van der Waals surface area contributed by atoms with Gasteiger partial charge in [-0.2, -0.15) is 0 Å². The van der Waals surface area contributed by atoms with Crippen molar-refractivity contribution >= 4 is 23.9 Å². The molecule has 174 valence electrons. The minimum absolute atomic E-state index is 0.147. The molecule has 32 heavy (non-hydrogen) atoms. The zero-order valence-corrected chi connectivity index (χ0v) is 18.2. The third-order valence-corrected chi connectivity index (χ3v) is 5.29. The number of rotatable bonds is 10. The molecule has 1 atom stereocenters.